The Morgan fingerprint density at radius 1 is 1.30 bits per heavy atom. The zero-order valence-electron chi connectivity index (χ0n) is 17.0. The number of hydrogen-bond donors (Lipinski definition) is 3. The maximum atomic E-state index is 12.6. The summed E-state index contributed by atoms with van der Waals surface area (Å²) in [6.07, 6.45) is 4.00. The molecular weight excluding hydrogens is 342 g/mol. The molecule has 1 fully saturated rings. The van der Waals surface area contributed by atoms with Gasteiger partial charge in [-0.2, -0.15) is 0 Å². The third kappa shape index (κ3) is 5.70. The topological polar surface area (TPSA) is 81.7 Å². The van der Waals surface area contributed by atoms with Crippen LogP contribution in [0.15, 0.2) is 18.2 Å². The smallest absolute Gasteiger partial charge is 0.255 e. The summed E-state index contributed by atoms with van der Waals surface area (Å²) in [6, 6.07) is 4.53. The Hall–Kier alpha value is -2.08. The highest BCUT2D eigenvalue weighted by Crippen LogP contribution is 2.26. The average Bonchev–Trinajstić information content (AvgIpc) is 2.67. The molecule has 2 rings (SSSR count). The summed E-state index contributed by atoms with van der Waals surface area (Å²) in [4.78, 5) is 26.6. The van der Waals surface area contributed by atoms with Gasteiger partial charge >= 0.3 is 0 Å². The van der Waals surface area contributed by atoms with E-state index in [1.54, 1.807) is 13.0 Å². The van der Waals surface area contributed by atoms with Crippen LogP contribution in [0.4, 0.5) is 5.69 Å². The minimum absolute atomic E-state index is 0.0937. The van der Waals surface area contributed by atoms with E-state index in [1.807, 2.05) is 0 Å². The number of amides is 2. The van der Waals surface area contributed by atoms with Gasteiger partial charge in [0, 0.05) is 30.7 Å². The SMILES string of the molecule is CCC(=O)Nc1ccc(O)c(C(=O)NCC(C)(C)N2CCCC(CC)C2)c1. The number of phenols is 1. The fraction of sp³-hybridized carbons (Fsp3) is 0.619. The van der Waals surface area contributed by atoms with E-state index in [1.165, 1.54) is 31.4 Å². The third-order valence-electron chi connectivity index (χ3n) is 5.48. The minimum atomic E-state index is -0.336. The van der Waals surface area contributed by atoms with Gasteiger partial charge in [-0.25, -0.2) is 0 Å². The van der Waals surface area contributed by atoms with Gasteiger partial charge in [0.1, 0.15) is 5.75 Å². The van der Waals surface area contributed by atoms with Gasteiger partial charge in [0.2, 0.25) is 5.91 Å². The minimum Gasteiger partial charge on any atom is -0.507 e. The lowest BCUT2D eigenvalue weighted by Crippen LogP contribution is -2.54. The van der Waals surface area contributed by atoms with Gasteiger partial charge in [-0.05, 0) is 57.4 Å². The summed E-state index contributed by atoms with van der Waals surface area (Å²) in [5, 5.41) is 15.7. The Bertz CT molecular complexity index is 673. The van der Waals surface area contributed by atoms with Crippen LogP contribution in [0, 0.1) is 5.92 Å². The first-order chi connectivity index (χ1) is 12.8. The van der Waals surface area contributed by atoms with Crippen LogP contribution >= 0.6 is 0 Å². The molecule has 0 radical (unpaired) electrons. The van der Waals surface area contributed by atoms with Crippen molar-refractivity contribution in [2.75, 3.05) is 25.0 Å². The molecule has 1 atom stereocenters. The second-order valence-corrected chi connectivity index (χ2v) is 7.99. The summed E-state index contributed by atoms with van der Waals surface area (Å²) in [7, 11) is 0. The number of hydrogen-bond acceptors (Lipinski definition) is 4. The lowest BCUT2D eigenvalue weighted by molar-refractivity contribution is -0.115. The molecule has 1 unspecified atom stereocenters. The molecule has 2 amide bonds. The molecule has 0 bridgehead atoms. The van der Waals surface area contributed by atoms with Crippen LogP contribution < -0.4 is 10.6 Å². The first-order valence-corrected chi connectivity index (χ1v) is 9.93. The van der Waals surface area contributed by atoms with E-state index in [0.717, 1.165) is 19.0 Å². The molecule has 1 saturated heterocycles. The highest BCUT2D eigenvalue weighted by atomic mass is 16.3. The maximum Gasteiger partial charge on any atom is 0.255 e. The highest BCUT2D eigenvalue weighted by molar-refractivity contribution is 5.99. The van der Waals surface area contributed by atoms with Gasteiger partial charge in [-0.1, -0.05) is 20.3 Å². The van der Waals surface area contributed by atoms with Gasteiger partial charge in [0.25, 0.3) is 5.91 Å². The summed E-state index contributed by atoms with van der Waals surface area (Å²) in [5.74, 6) is 0.154. The Balaban J connectivity index is 2.02. The lowest BCUT2D eigenvalue weighted by Gasteiger charge is -2.43. The number of carbonyl (C=O) groups is 2. The average molecular weight is 376 g/mol. The quantitative estimate of drug-likeness (QED) is 0.638. The zero-order chi connectivity index (χ0) is 20.0. The van der Waals surface area contributed by atoms with Crippen molar-refractivity contribution in [3.8, 4) is 5.75 Å². The predicted octanol–water partition coefficient (Wildman–Crippen LogP) is 3.37. The van der Waals surface area contributed by atoms with E-state index in [-0.39, 0.29) is 28.7 Å². The molecule has 1 aromatic rings. The van der Waals surface area contributed by atoms with Crippen molar-refractivity contribution in [2.45, 2.75) is 58.9 Å². The molecule has 1 aliphatic heterocycles. The van der Waals surface area contributed by atoms with Gasteiger partial charge in [-0.3, -0.25) is 14.5 Å². The number of anilines is 1. The van der Waals surface area contributed by atoms with Crippen molar-refractivity contribution >= 4 is 17.5 Å². The standard InChI is InChI=1S/C21H33N3O3/c1-5-15-8-7-11-24(13-15)21(3,4)14-22-20(27)17-12-16(9-10-18(17)25)23-19(26)6-2/h9-10,12,15,25H,5-8,11,13-14H2,1-4H3,(H,22,27)(H,23,26). The molecule has 3 N–H and O–H groups in total. The second kappa shape index (κ2) is 9.22. The Kier molecular flexibility index (Phi) is 7.25. The number of nitrogens with one attached hydrogen (secondary N) is 2. The fourth-order valence-corrected chi connectivity index (χ4v) is 3.50. The molecule has 1 aromatic carbocycles. The van der Waals surface area contributed by atoms with E-state index in [4.69, 9.17) is 0 Å². The molecule has 0 aromatic heterocycles. The number of likely N-dealkylation sites (tertiary alicyclic amines) is 1. The van der Waals surface area contributed by atoms with Gasteiger partial charge in [0.05, 0.1) is 5.56 Å². The number of nitrogens with zero attached hydrogens (tertiary/aromatic N) is 1. The van der Waals surface area contributed by atoms with E-state index in [0.29, 0.717) is 18.7 Å². The molecule has 6 nitrogen and oxygen atoms in total. The molecule has 27 heavy (non-hydrogen) atoms. The van der Waals surface area contributed by atoms with Gasteiger partial charge in [-0.15, -0.1) is 0 Å². The van der Waals surface area contributed by atoms with Crippen LogP contribution in [0.25, 0.3) is 0 Å². The largest absolute Gasteiger partial charge is 0.507 e. The van der Waals surface area contributed by atoms with Crippen LogP contribution in [-0.4, -0.2) is 47.0 Å². The molecule has 150 valence electrons. The van der Waals surface area contributed by atoms with E-state index in [9.17, 15) is 14.7 Å². The van der Waals surface area contributed by atoms with Crippen molar-refractivity contribution in [3.05, 3.63) is 23.8 Å². The summed E-state index contributed by atoms with van der Waals surface area (Å²) >= 11 is 0. The van der Waals surface area contributed by atoms with Crippen molar-refractivity contribution in [2.24, 2.45) is 5.92 Å². The number of benzene rings is 1. The highest BCUT2D eigenvalue weighted by Gasteiger charge is 2.31. The summed E-state index contributed by atoms with van der Waals surface area (Å²) in [5.41, 5.74) is 0.517. The molecule has 1 heterocycles. The van der Waals surface area contributed by atoms with Crippen LogP contribution in [-0.2, 0) is 4.79 Å². The van der Waals surface area contributed by atoms with Crippen LogP contribution in [0.2, 0.25) is 0 Å². The van der Waals surface area contributed by atoms with Gasteiger partial charge < -0.3 is 15.7 Å². The Labute approximate surface area is 162 Å². The molecule has 0 saturated carbocycles. The van der Waals surface area contributed by atoms with Crippen molar-refractivity contribution < 1.29 is 14.7 Å². The van der Waals surface area contributed by atoms with Crippen LogP contribution in [0.5, 0.6) is 5.75 Å². The number of aromatic hydroxyl groups is 1. The van der Waals surface area contributed by atoms with E-state index >= 15 is 0 Å². The number of rotatable bonds is 7. The zero-order valence-corrected chi connectivity index (χ0v) is 17.0. The second-order valence-electron chi connectivity index (χ2n) is 7.99. The normalized spacial score (nSPS) is 18.1. The first kappa shape index (κ1) is 21.2. The fourth-order valence-electron chi connectivity index (χ4n) is 3.50. The van der Waals surface area contributed by atoms with Crippen LogP contribution in [0.1, 0.15) is 63.7 Å². The first-order valence-electron chi connectivity index (χ1n) is 9.93. The predicted molar refractivity (Wildman–Crippen MR) is 108 cm³/mol. The molecule has 0 aliphatic carbocycles. The van der Waals surface area contributed by atoms with Crippen molar-refractivity contribution in [1.29, 1.82) is 0 Å². The Morgan fingerprint density at radius 2 is 2.04 bits per heavy atom. The van der Waals surface area contributed by atoms with Crippen LogP contribution in [0.3, 0.4) is 0 Å². The molecule has 6 heteroatoms. The monoisotopic (exact) mass is 375 g/mol. The number of phenolic OH excluding ortho intramolecular Hbond substituents is 1. The molecule has 0 spiro atoms. The van der Waals surface area contributed by atoms with Crippen molar-refractivity contribution in [1.82, 2.24) is 10.2 Å². The maximum absolute atomic E-state index is 12.6. The lowest BCUT2D eigenvalue weighted by atomic mass is 9.91. The summed E-state index contributed by atoms with van der Waals surface area (Å²) < 4.78 is 0. The Morgan fingerprint density at radius 3 is 2.70 bits per heavy atom. The van der Waals surface area contributed by atoms with E-state index < -0.39 is 0 Å². The van der Waals surface area contributed by atoms with Gasteiger partial charge in [0.15, 0.2) is 0 Å². The summed E-state index contributed by atoms with van der Waals surface area (Å²) in [6.45, 7) is 10.9. The number of piperidine rings is 1. The molecular formula is C21H33N3O3. The number of carbonyl (C=O) groups excluding carboxylic acids is 2. The third-order valence-corrected chi connectivity index (χ3v) is 5.48. The van der Waals surface area contributed by atoms with Crippen molar-refractivity contribution in [3.63, 3.8) is 0 Å². The molecule has 1 aliphatic rings. The van der Waals surface area contributed by atoms with E-state index in [2.05, 4.69) is 36.3 Å².